The smallest absolute Gasteiger partial charge is 0.0597 e. The summed E-state index contributed by atoms with van der Waals surface area (Å²) >= 11 is 1.87. The summed E-state index contributed by atoms with van der Waals surface area (Å²) in [7, 11) is 2.12. The Balaban J connectivity index is 2.53. The van der Waals surface area contributed by atoms with E-state index in [0.717, 1.165) is 19.6 Å². The lowest BCUT2D eigenvalue weighted by molar-refractivity contribution is 0.0567. The lowest BCUT2D eigenvalue weighted by atomic mass is 10.2. The second-order valence-corrected chi connectivity index (χ2v) is 6.01. The van der Waals surface area contributed by atoms with E-state index in [1.54, 1.807) is 0 Å². The predicted molar refractivity (Wildman–Crippen MR) is 79.2 cm³/mol. The first-order valence-corrected chi connectivity index (χ1v) is 7.50. The molecule has 0 saturated carbocycles. The van der Waals surface area contributed by atoms with Gasteiger partial charge in [-0.3, -0.25) is 4.90 Å². The molecule has 0 spiro atoms. The van der Waals surface area contributed by atoms with E-state index in [1.807, 2.05) is 11.3 Å². The van der Waals surface area contributed by atoms with Crippen LogP contribution in [0.1, 0.15) is 36.6 Å². The zero-order chi connectivity index (χ0) is 13.5. The molecule has 1 aromatic rings. The molecular weight excluding hydrogens is 244 g/mol. The van der Waals surface area contributed by atoms with E-state index in [2.05, 4.69) is 44.9 Å². The number of likely N-dealkylation sites (N-methyl/N-ethyl adjacent to an activating group) is 1. The van der Waals surface area contributed by atoms with Gasteiger partial charge in [-0.05, 0) is 39.4 Å². The van der Waals surface area contributed by atoms with Crippen molar-refractivity contribution in [1.29, 1.82) is 0 Å². The van der Waals surface area contributed by atoms with Crippen LogP contribution in [0.2, 0.25) is 0 Å². The van der Waals surface area contributed by atoms with E-state index in [-0.39, 0.29) is 0 Å². The van der Waals surface area contributed by atoms with E-state index in [4.69, 9.17) is 10.5 Å². The Morgan fingerprint density at radius 2 is 2.11 bits per heavy atom. The van der Waals surface area contributed by atoms with Crippen molar-refractivity contribution < 1.29 is 4.74 Å². The number of aryl methyl sites for hydroxylation is 1. The van der Waals surface area contributed by atoms with Crippen LogP contribution in [0.15, 0.2) is 12.1 Å². The molecule has 1 unspecified atom stereocenters. The Hall–Kier alpha value is -0.420. The highest BCUT2D eigenvalue weighted by molar-refractivity contribution is 7.12. The summed E-state index contributed by atoms with van der Waals surface area (Å²) in [5.41, 5.74) is 5.91. The second-order valence-electron chi connectivity index (χ2n) is 4.81. The van der Waals surface area contributed by atoms with Gasteiger partial charge in [0.15, 0.2) is 0 Å². The van der Waals surface area contributed by atoms with Gasteiger partial charge in [-0.2, -0.15) is 0 Å². The number of rotatable bonds is 8. The van der Waals surface area contributed by atoms with Crippen LogP contribution in [0.5, 0.6) is 0 Å². The molecule has 0 fully saturated rings. The van der Waals surface area contributed by atoms with Crippen molar-refractivity contribution in [1.82, 2.24) is 4.90 Å². The van der Waals surface area contributed by atoms with Gasteiger partial charge in [0, 0.05) is 22.8 Å². The molecule has 2 N–H and O–H groups in total. The fraction of sp³-hybridized carbons (Fsp3) is 0.714. The summed E-state index contributed by atoms with van der Waals surface area (Å²) < 4.78 is 5.59. The minimum absolute atomic E-state index is 0.295. The number of nitrogens with zero attached hydrogens (tertiary/aromatic N) is 1. The van der Waals surface area contributed by atoms with Crippen LogP contribution >= 0.6 is 11.3 Å². The van der Waals surface area contributed by atoms with Crippen LogP contribution in [0, 0.1) is 0 Å². The summed E-state index contributed by atoms with van der Waals surface area (Å²) in [6.45, 7) is 8.64. The lowest BCUT2D eigenvalue weighted by Crippen LogP contribution is -2.33. The van der Waals surface area contributed by atoms with Crippen molar-refractivity contribution in [3.63, 3.8) is 0 Å². The third kappa shape index (κ3) is 4.69. The highest BCUT2D eigenvalue weighted by Crippen LogP contribution is 2.26. The number of nitrogens with two attached hydrogens (primary N) is 1. The molecule has 0 aliphatic rings. The van der Waals surface area contributed by atoms with Crippen molar-refractivity contribution in [3.05, 3.63) is 21.9 Å². The molecule has 0 aliphatic heterocycles. The minimum Gasteiger partial charge on any atom is -0.377 e. The summed E-state index contributed by atoms with van der Waals surface area (Å²) in [6, 6.07) is 4.73. The molecular formula is C14H26N2OS. The Kier molecular flexibility index (Phi) is 6.86. The highest BCUT2D eigenvalue weighted by atomic mass is 32.1. The van der Waals surface area contributed by atoms with Crippen molar-refractivity contribution in [2.24, 2.45) is 5.73 Å². The predicted octanol–water partition coefficient (Wildman–Crippen LogP) is 2.67. The molecule has 1 atom stereocenters. The van der Waals surface area contributed by atoms with Gasteiger partial charge in [-0.1, -0.05) is 6.92 Å². The van der Waals surface area contributed by atoms with Gasteiger partial charge in [0.1, 0.15) is 0 Å². The van der Waals surface area contributed by atoms with Crippen molar-refractivity contribution in [3.8, 4) is 0 Å². The van der Waals surface area contributed by atoms with E-state index in [1.165, 1.54) is 9.75 Å². The molecule has 0 amide bonds. The SMILES string of the molecule is CCc1ccc(C(CN)N(C)CCOC(C)C)s1. The fourth-order valence-electron chi connectivity index (χ4n) is 1.87. The summed E-state index contributed by atoms with van der Waals surface area (Å²) in [5, 5.41) is 0. The summed E-state index contributed by atoms with van der Waals surface area (Å²) in [6.07, 6.45) is 1.39. The first-order chi connectivity index (χ1) is 8.58. The molecule has 3 nitrogen and oxygen atoms in total. The molecule has 0 aromatic carbocycles. The topological polar surface area (TPSA) is 38.5 Å². The normalized spacial score (nSPS) is 13.5. The van der Waals surface area contributed by atoms with Gasteiger partial charge in [-0.15, -0.1) is 11.3 Å². The number of hydrogen-bond donors (Lipinski definition) is 1. The Bertz CT molecular complexity index is 338. The molecule has 104 valence electrons. The maximum Gasteiger partial charge on any atom is 0.0597 e. The Morgan fingerprint density at radius 1 is 1.39 bits per heavy atom. The van der Waals surface area contributed by atoms with Crippen molar-refractivity contribution in [2.75, 3.05) is 26.7 Å². The molecule has 18 heavy (non-hydrogen) atoms. The van der Waals surface area contributed by atoms with E-state index >= 15 is 0 Å². The quantitative estimate of drug-likeness (QED) is 0.789. The Morgan fingerprint density at radius 3 is 2.61 bits per heavy atom. The molecule has 1 aromatic heterocycles. The summed E-state index contributed by atoms with van der Waals surface area (Å²) in [4.78, 5) is 5.07. The molecule has 1 rings (SSSR count). The first-order valence-electron chi connectivity index (χ1n) is 6.69. The van der Waals surface area contributed by atoms with E-state index in [9.17, 15) is 0 Å². The van der Waals surface area contributed by atoms with Crippen LogP contribution in [0.3, 0.4) is 0 Å². The zero-order valence-corrected chi connectivity index (χ0v) is 12.8. The number of thiophene rings is 1. The van der Waals surface area contributed by atoms with Crippen LogP contribution in [0.25, 0.3) is 0 Å². The first kappa shape index (κ1) is 15.6. The molecule has 0 saturated heterocycles. The minimum atomic E-state index is 0.295. The van der Waals surface area contributed by atoms with Crippen LogP contribution in [-0.2, 0) is 11.2 Å². The molecule has 0 bridgehead atoms. The Labute approximate surface area is 115 Å². The van der Waals surface area contributed by atoms with Crippen LogP contribution < -0.4 is 5.73 Å². The number of hydrogen-bond acceptors (Lipinski definition) is 4. The molecule has 0 aliphatic carbocycles. The van der Waals surface area contributed by atoms with Gasteiger partial charge in [0.05, 0.1) is 18.8 Å². The number of ether oxygens (including phenoxy) is 1. The van der Waals surface area contributed by atoms with Gasteiger partial charge in [-0.25, -0.2) is 0 Å². The van der Waals surface area contributed by atoms with Gasteiger partial charge in [0.25, 0.3) is 0 Å². The zero-order valence-electron chi connectivity index (χ0n) is 12.0. The van der Waals surface area contributed by atoms with Gasteiger partial charge >= 0.3 is 0 Å². The van der Waals surface area contributed by atoms with Crippen LogP contribution in [0.4, 0.5) is 0 Å². The maximum atomic E-state index is 5.91. The molecule has 4 heteroatoms. The fourth-order valence-corrected chi connectivity index (χ4v) is 3.00. The summed E-state index contributed by atoms with van der Waals surface area (Å²) in [5.74, 6) is 0. The maximum absolute atomic E-state index is 5.91. The lowest BCUT2D eigenvalue weighted by Gasteiger charge is -2.26. The molecule has 0 radical (unpaired) electrons. The van der Waals surface area contributed by atoms with Crippen molar-refractivity contribution in [2.45, 2.75) is 39.3 Å². The van der Waals surface area contributed by atoms with Gasteiger partial charge in [0.2, 0.25) is 0 Å². The van der Waals surface area contributed by atoms with E-state index < -0.39 is 0 Å². The monoisotopic (exact) mass is 270 g/mol. The average molecular weight is 270 g/mol. The third-order valence-electron chi connectivity index (χ3n) is 3.01. The average Bonchev–Trinajstić information content (AvgIpc) is 2.78. The van der Waals surface area contributed by atoms with Gasteiger partial charge < -0.3 is 10.5 Å². The van der Waals surface area contributed by atoms with E-state index in [0.29, 0.717) is 18.7 Å². The standard InChI is InChI=1S/C14H26N2OS/c1-5-12-6-7-14(18-12)13(10-15)16(4)8-9-17-11(2)3/h6-7,11,13H,5,8-10,15H2,1-4H3. The molecule has 1 heterocycles. The second kappa shape index (κ2) is 7.89. The largest absolute Gasteiger partial charge is 0.377 e. The van der Waals surface area contributed by atoms with Crippen molar-refractivity contribution >= 4 is 11.3 Å². The highest BCUT2D eigenvalue weighted by Gasteiger charge is 2.17. The van der Waals surface area contributed by atoms with Crippen LogP contribution in [-0.4, -0.2) is 37.7 Å². The third-order valence-corrected chi connectivity index (χ3v) is 4.34.